The number of amides is 2. The zero-order valence-electron chi connectivity index (χ0n) is 10.6. The molecule has 1 N–H and O–H groups in total. The van der Waals surface area contributed by atoms with E-state index in [9.17, 15) is 9.59 Å². The predicted octanol–water partition coefficient (Wildman–Crippen LogP) is 1.86. The van der Waals surface area contributed by atoms with Crippen LogP contribution in [0.2, 0.25) is 0 Å². The maximum absolute atomic E-state index is 11.6. The molecule has 2 amide bonds. The molecule has 0 aliphatic carbocycles. The van der Waals surface area contributed by atoms with Crippen LogP contribution in [0.5, 0.6) is 0 Å². The Bertz CT molecular complexity index is 442. The minimum atomic E-state index is -0.143. The fourth-order valence-electron chi connectivity index (χ4n) is 1.83. The van der Waals surface area contributed by atoms with Crippen molar-refractivity contribution in [3.05, 3.63) is 11.1 Å². The van der Waals surface area contributed by atoms with Crippen molar-refractivity contribution in [3.63, 3.8) is 0 Å². The maximum atomic E-state index is 11.6. The molecular formula is C12H17N3O2S. The normalized spacial score (nSPS) is 17.6. The SMILES string of the molecule is CCCNC(C)c1csc(N2C(=O)CCC2=O)n1. The lowest BCUT2D eigenvalue weighted by Crippen LogP contribution is -2.28. The summed E-state index contributed by atoms with van der Waals surface area (Å²) in [6, 6.07) is 0.141. The van der Waals surface area contributed by atoms with Gasteiger partial charge in [-0.1, -0.05) is 6.92 Å². The minimum absolute atomic E-state index is 0.141. The molecule has 0 radical (unpaired) electrons. The van der Waals surface area contributed by atoms with Crippen LogP contribution in [0, 0.1) is 0 Å². The quantitative estimate of drug-likeness (QED) is 0.827. The van der Waals surface area contributed by atoms with Gasteiger partial charge in [0, 0.05) is 24.3 Å². The first-order valence-electron chi connectivity index (χ1n) is 6.18. The van der Waals surface area contributed by atoms with Crippen LogP contribution >= 0.6 is 11.3 Å². The number of thiazole rings is 1. The molecule has 0 aromatic carbocycles. The molecule has 2 rings (SSSR count). The van der Waals surface area contributed by atoms with Gasteiger partial charge in [0.25, 0.3) is 0 Å². The second-order valence-corrected chi connectivity index (χ2v) is 5.19. The summed E-state index contributed by atoms with van der Waals surface area (Å²) in [7, 11) is 0. The van der Waals surface area contributed by atoms with E-state index in [1.54, 1.807) is 0 Å². The van der Waals surface area contributed by atoms with Crippen LogP contribution in [0.4, 0.5) is 5.13 Å². The lowest BCUT2D eigenvalue weighted by molar-refractivity contribution is -0.121. The summed E-state index contributed by atoms with van der Waals surface area (Å²) in [6.45, 7) is 5.06. The van der Waals surface area contributed by atoms with Crippen molar-refractivity contribution >= 4 is 28.3 Å². The third-order valence-corrected chi connectivity index (χ3v) is 3.74. The number of carbonyl (C=O) groups is 2. The molecule has 1 atom stereocenters. The van der Waals surface area contributed by atoms with Crippen molar-refractivity contribution in [2.75, 3.05) is 11.4 Å². The van der Waals surface area contributed by atoms with Gasteiger partial charge in [-0.25, -0.2) is 9.88 Å². The number of rotatable bonds is 5. The fraction of sp³-hybridized carbons (Fsp3) is 0.583. The third kappa shape index (κ3) is 2.59. The Morgan fingerprint density at radius 3 is 2.72 bits per heavy atom. The number of carbonyl (C=O) groups excluding carboxylic acids is 2. The summed E-state index contributed by atoms with van der Waals surface area (Å²) in [5, 5.41) is 5.74. The van der Waals surface area contributed by atoms with Crippen LogP contribution in [0.25, 0.3) is 0 Å². The Morgan fingerprint density at radius 1 is 1.44 bits per heavy atom. The highest BCUT2D eigenvalue weighted by molar-refractivity contribution is 7.14. The van der Waals surface area contributed by atoms with Crippen LogP contribution in [0.15, 0.2) is 5.38 Å². The molecule has 0 bridgehead atoms. The summed E-state index contributed by atoms with van der Waals surface area (Å²) in [5.74, 6) is -0.287. The fourth-order valence-corrected chi connectivity index (χ4v) is 2.78. The Hall–Kier alpha value is -1.27. The topological polar surface area (TPSA) is 62.3 Å². The molecule has 1 aromatic rings. The van der Waals surface area contributed by atoms with E-state index in [4.69, 9.17) is 0 Å². The maximum Gasteiger partial charge on any atom is 0.236 e. The van der Waals surface area contributed by atoms with E-state index in [1.807, 2.05) is 12.3 Å². The zero-order valence-corrected chi connectivity index (χ0v) is 11.4. The number of aromatic nitrogens is 1. The Balaban J connectivity index is 2.10. The van der Waals surface area contributed by atoms with Gasteiger partial charge in [-0.05, 0) is 19.9 Å². The van der Waals surface area contributed by atoms with Gasteiger partial charge in [-0.2, -0.15) is 0 Å². The van der Waals surface area contributed by atoms with E-state index in [2.05, 4.69) is 17.2 Å². The van der Waals surface area contributed by atoms with Crippen LogP contribution in [0.1, 0.15) is 44.8 Å². The average Bonchev–Trinajstić information content (AvgIpc) is 2.93. The highest BCUT2D eigenvalue weighted by Crippen LogP contribution is 2.28. The molecule has 1 saturated heterocycles. The smallest absolute Gasteiger partial charge is 0.236 e. The van der Waals surface area contributed by atoms with E-state index >= 15 is 0 Å². The third-order valence-electron chi connectivity index (χ3n) is 2.90. The van der Waals surface area contributed by atoms with Crippen molar-refractivity contribution in [2.45, 2.75) is 39.2 Å². The van der Waals surface area contributed by atoms with E-state index in [-0.39, 0.29) is 17.9 Å². The van der Waals surface area contributed by atoms with Gasteiger partial charge in [0.15, 0.2) is 5.13 Å². The van der Waals surface area contributed by atoms with Crippen molar-refractivity contribution in [1.82, 2.24) is 10.3 Å². The Kier molecular flexibility index (Phi) is 4.08. The van der Waals surface area contributed by atoms with Gasteiger partial charge in [-0.15, -0.1) is 11.3 Å². The first-order chi connectivity index (χ1) is 8.63. The highest BCUT2D eigenvalue weighted by Gasteiger charge is 2.32. The number of hydrogen-bond acceptors (Lipinski definition) is 5. The number of nitrogens with zero attached hydrogens (tertiary/aromatic N) is 2. The van der Waals surface area contributed by atoms with Gasteiger partial charge in [0.1, 0.15) is 0 Å². The molecule has 6 heteroatoms. The molecule has 0 spiro atoms. The monoisotopic (exact) mass is 267 g/mol. The molecule has 5 nitrogen and oxygen atoms in total. The summed E-state index contributed by atoms with van der Waals surface area (Å²) in [5.41, 5.74) is 0.885. The van der Waals surface area contributed by atoms with Crippen LogP contribution in [-0.2, 0) is 9.59 Å². The molecule has 98 valence electrons. The number of imide groups is 1. The summed E-state index contributed by atoms with van der Waals surface area (Å²) < 4.78 is 0. The molecule has 1 unspecified atom stereocenters. The number of anilines is 1. The number of hydrogen-bond donors (Lipinski definition) is 1. The second kappa shape index (κ2) is 5.58. The van der Waals surface area contributed by atoms with E-state index in [0.29, 0.717) is 18.0 Å². The van der Waals surface area contributed by atoms with Gasteiger partial charge in [-0.3, -0.25) is 9.59 Å². The molecular weight excluding hydrogens is 250 g/mol. The first kappa shape index (κ1) is 13.2. The predicted molar refractivity (Wildman–Crippen MR) is 70.5 cm³/mol. The second-order valence-electron chi connectivity index (χ2n) is 4.35. The van der Waals surface area contributed by atoms with Crippen molar-refractivity contribution in [3.8, 4) is 0 Å². The number of nitrogens with one attached hydrogen (secondary N) is 1. The van der Waals surface area contributed by atoms with Gasteiger partial charge < -0.3 is 5.32 Å². The lowest BCUT2D eigenvalue weighted by atomic mass is 10.2. The average molecular weight is 267 g/mol. The summed E-state index contributed by atoms with van der Waals surface area (Å²) in [6.07, 6.45) is 1.67. The van der Waals surface area contributed by atoms with Gasteiger partial charge in [0.2, 0.25) is 11.8 Å². The summed E-state index contributed by atoms with van der Waals surface area (Å²) in [4.78, 5) is 28.8. The molecule has 18 heavy (non-hydrogen) atoms. The van der Waals surface area contributed by atoms with Gasteiger partial charge in [0.05, 0.1) is 5.69 Å². The molecule has 1 aliphatic rings. The van der Waals surface area contributed by atoms with E-state index in [1.165, 1.54) is 16.2 Å². The van der Waals surface area contributed by atoms with E-state index < -0.39 is 0 Å². The lowest BCUT2D eigenvalue weighted by Gasteiger charge is -2.11. The Labute approximate surface area is 110 Å². The molecule has 1 aliphatic heterocycles. The zero-order chi connectivity index (χ0) is 13.1. The first-order valence-corrected chi connectivity index (χ1v) is 7.06. The van der Waals surface area contributed by atoms with Crippen LogP contribution in [-0.4, -0.2) is 23.3 Å². The van der Waals surface area contributed by atoms with Crippen LogP contribution in [0.3, 0.4) is 0 Å². The van der Waals surface area contributed by atoms with Crippen molar-refractivity contribution in [1.29, 1.82) is 0 Å². The highest BCUT2D eigenvalue weighted by atomic mass is 32.1. The summed E-state index contributed by atoms with van der Waals surface area (Å²) >= 11 is 1.35. The standard InChI is InChI=1S/C12H17N3O2S/c1-3-6-13-8(2)9-7-18-12(14-9)15-10(16)4-5-11(15)17/h7-8,13H,3-6H2,1-2H3. The van der Waals surface area contributed by atoms with Crippen molar-refractivity contribution in [2.24, 2.45) is 0 Å². The molecule has 2 heterocycles. The minimum Gasteiger partial charge on any atom is -0.309 e. The van der Waals surface area contributed by atoms with Gasteiger partial charge >= 0.3 is 0 Å². The van der Waals surface area contributed by atoms with Crippen molar-refractivity contribution < 1.29 is 9.59 Å². The Morgan fingerprint density at radius 2 is 2.11 bits per heavy atom. The molecule has 1 aromatic heterocycles. The molecule has 1 fully saturated rings. The largest absolute Gasteiger partial charge is 0.309 e. The van der Waals surface area contributed by atoms with E-state index in [0.717, 1.165) is 18.7 Å². The molecule has 0 saturated carbocycles. The van der Waals surface area contributed by atoms with Crippen LogP contribution < -0.4 is 10.2 Å².